The van der Waals surface area contributed by atoms with Crippen molar-refractivity contribution in [3.05, 3.63) is 53.3 Å². The minimum Gasteiger partial charge on any atom is -0.454 e. The van der Waals surface area contributed by atoms with Gasteiger partial charge in [0.05, 0.1) is 0 Å². The van der Waals surface area contributed by atoms with Gasteiger partial charge in [0, 0.05) is 25.7 Å². The first-order chi connectivity index (χ1) is 13.6. The second-order valence-corrected chi connectivity index (χ2v) is 5.89. The number of rotatable bonds is 7. The van der Waals surface area contributed by atoms with Gasteiger partial charge in [0.1, 0.15) is 11.6 Å². The van der Waals surface area contributed by atoms with E-state index in [1.807, 2.05) is 18.2 Å². The van der Waals surface area contributed by atoms with E-state index in [4.69, 9.17) is 9.47 Å². The Bertz CT molecular complexity index is 846. The van der Waals surface area contributed by atoms with Crippen LogP contribution in [0, 0.1) is 5.82 Å². The highest BCUT2D eigenvalue weighted by Gasteiger charge is 2.15. The van der Waals surface area contributed by atoms with Gasteiger partial charge in [-0.25, -0.2) is 4.39 Å². The molecular formula is C19H20F3N3O3. The zero-order chi connectivity index (χ0) is 19.9. The lowest BCUT2D eigenvalue weighted by molar-refractivity contribution is -0.0506. The van der Waals surface area contributed by atoms with E-state index in [2.05, 4.69) is 20.4 Å². The number of benzene rings is 2. The highest BCUT2D eigenvalue weighted by Crippen LogP contribution is 2.32. The van der Waals surface area contributed by atoms with Crippen LogP contribution in [0.5, 0.6) is 17.2 Å². The SMILES string of the molecule is CN=C(NCCc1ccc2c(c1)OCO2)NCc1c(F)cccc1OC(F)F. The van der Waals surface area contributed by atoms with Gasteiger partial charge in [-0.3, -0.25) is 4.99 Å². The molecule has 0 amide bonds. The first kappa shape index (κ1) is 19.7. The Morgan fingerprint density at radius 2 is 2.00 bits per heavy atom. The third-order valence-electron chi connectivity index (χ3n) is 4.09. The molecule has 2 aromatic rings. The molecule has 1 aliphatic rings. The Labute approximate surface area is 160 Å². The summed E-state index contributed by atoms with van der Waals surface area (Å²) in [6.07, 6.45) is 0.691. The van der Waals surface area contributed by atoms with Crippen LogP contribution in [0.4, 0.5) is 13.2 Å². The molecule has 0 aromatic heterocycles. The maximum absolute atomic E-state index is 14.0. The van der Waals surface area contributed by atoms with E-state index in [0.717, 1.165) is 11.3 Å². The molecule has 2 N–H and O–H groups in total. The standard InChI is InChI=1S/C19H20F3N3O3/c1-23-19(24-8-7-12-5-6-16-17(9-12)27-11-26-16)25-10-13-14(20)3-2-4-15(13)28-18(21)22/h2-6,9,18H,7-8,10-11H2,1H3,(H2,23,24,25). The summed E-state index contributed by atoms with van der Waals surface area (Å²) < 4.78 is 54.0. The lowest BCUT2D eigenvalue weighted by Gasteiger charge is -2.15. The Hall–Kier alpha value is -3.10. The average molecular weight is 395 g/mol. The van der Waals surface area contributed by atoms with Crippen LogP contribution < -0.4 is 24.8 Å². The molecule has 0 fully saturated rings. The van der Waals surface area contributed by atoms with Crippen molar-refractivity contribution in [1.82, 2.24) is 10.6 Å². The third kappa shape index (κ3) is 4.99. The molecule has 0 unspecified atom stereocenters. The van der Waals surface area contributed by atoms with Gasteiger partial charge in [-0.15, -0.1) is 0 Å². The number of halogens is 3. The van der Waals surface area contributed by atoms with E-state index in [9.17, 15) is 13.2 Å². The van der Waals surface area contributed by atoms with Gasteiger partial charge in [0.25, 0.3) is 0 Å². The van der Waals surface area contributed by atoms with Crippen molar-refractivity contribution in [3.63, 3.8) is 0 Å². The van der Waals surface area contributed by atoms with Gasteiger partial charge in [-0.2, -0.15) is 8.78 Å². The van der Waals surface area contributed by atoms with Crippen LogP contribution in [0.15, 0.2) is 41.4 Å². The summed E-state index contributed by atoms with van der Waals surface area (Å²) in [5.41, 5.74) is 1.05. The van der Waals surface area contributed by atoms with Crippen molar-refractivity contribution < 1.29 is 27.4 Å². The van der Waals surface area contributed by atoms with Crippen LogP contribution in [0.3, 0.4) is 0 Å². The van der Waals surface area contributed by atoms with Gasteiger partial charge in [-0.1, -0.05) is 12.1 Å². The second-order valence-electron chi connectivity index (χ2n) is 5.89. The molecule has 0 bridgehead atoms. The topological polar surface area (TPSA) is 64.1 Å². The molecule has 150 valence electrons. The van der Waals surface area contributed by atoms with Gasteiger partial charge in [-0.05, 0) is 36.2 Å². The minimum atomic E-state index is -3.03. The highest BCUT2D eigenvalue weighted by atomic mass is 19.3. The summed E-state index contributed by atoms with van der Waals surface area (Å²) in [7, 11) is 1.56. The van der Waals surface area contributed by atoms with Gasteiger partial charge >= 0.3 is 6.61 Å². The van der Waals surface area contributed by atoms with Crippen molar-refractivity contribution in [2.75, 3.05) is 20.4 Å². The fourth-order valence-electron chi connectivity index (χ4n) is 2.73. The summed E-state index contributed by atoms with van der Waals surface area (Å²) in [5.74, 6) is 0.999. The van der Waals surface area contributed by atoms with Crippen molar-refractivity contribution in [2.24, 2.45) is 4.99 Å². The van der Waals surface area contributed by atoms with E-state index >= 15 is 0 Å². The van der Waals surface area contributed by atoms with Crippen LogP contribution in [0.1, 0.15) is 11.1 Å². The summed E-state index contributed by atoms with van der Waals surface area (Å²) in [6, 6.07) is 9.50. The number of hydrogen-bond acceptors (Lipinski definition) is 4. The van der Waals surface area contributed by atoms with Gasteiger partial charge in [0.15, 0.2) is 17.5 Å². The lowest BCUT2D eigenvalue weighted by atomic mass is 10.1. The quantitative estimate of drug-likeness (QED) is 0.557. The van der Waals surface area contributed by atoms with Crippen molar-refractivity contribution >= 4 is 5.96 Å². The molecule has 0 saturated heterocycles. The fraction of sp³-hybridized carbons (Fsp3) is 0.316. The molecule has 2 aromatic carbocycles. The smallest absolute Gasteiger partial charge is 0.387 e. The summed E-state index contributed by atoms with van der Waals surface area (Å²) in [4.78, 5) is 4.05. The van der Waals surface area contributed by atoms with Crippen LogP contribution in [-0.4, -0.2) is 33.0 Å². The monoisotopic (exact) mass is 395 g/mol. The number of ether oxygens (including phenoxy) is 3. The summed E-state index contributed by atoms with van der Waals surface area (Å²) in [5, 5.41) is 5.99. The molecule has 0 atom stereocenters. The van der Waals surface area contributed by atoms with Crippen LogP contribution >= 0.6 is 0 Å². The molecule has 0 spiro atoms. The number of aliphatic imine (C=N–C) groups is 1. The molecule has 3 rings (SSSR count). The molecule has 0 aliphatic carbocycles. The van der Waals surface area contributed by atoms with Crippen molar-refractivity contribution in [2.45, 2.75) is 19.6 Å². The zero-order valence-corrected chi connectivity index (χ0v) is 15.2. The number of nitrogens with one attached hydrogen (secondary N) is 2. The minimum absolute atomic E-state index is 0.00141. The summed E-state index contributed by atoms with van der Waals surface area (Å²) >= 11 is 0. The first-order valence-corrected chi connectivity index (χ1v) is 8.62. The van der Waals surface area contributed by atoms with Crippen molar-refractivity contribution in [1.29, 1.82) is 0 Å². The molecule has 1 aliphatic heterocycles. The number of nitrogens with zero attached hydrogens (tertiary/aromatic N) is 1. The Morgan fingerprint density at radius 3 is 2.79 bits per heavy atom. The number of guanidine groups is 1. The maximum atomic E-state index is 14.0. The molecule has 9 heteroatoms. The largest absolute Gasteiger partial charge is 0.454 e. The normalized spacial score (nSPS) is 13.0. The molecule has 6 nitrogen and oxygen atoms in total. The van der Waals surface area contributed by atoms with E-state index in [1.165, 1.54) is 18.2 Å². The second kappa shape index (κ2) is 9.20. The van der Waals surface area contributed by atoms with Crippen molar-refractivity contribution in [3.8, 4) is 17.2 Å². The molecule has 0 radical (unpaired) electrons. The van der Waals surface area contributed by atoms with Gasteiger partial charge < -0.3 is 24.8 Å². The first-order valence-electron chi connectivity index (χ1n) is 8.62. The highest BCUT2D eigenvalue weighted by molar-refractivity contribution is 5.79. The fourth-order valence-corrected chi connectivity index (χ4v) is 2.73. The predicted molar refractivity (Wildman–Crippen MR) is 97.5 cm³/mol. The Morgan fingerprint density at radius 1 is 1.18 bits per heavy atom. The average Bonchev–Trinajstić information content (AvgIpc) is 3.13. The van der Waals surface area contributed by atoms with Gasteiger partial charge in [0.2, 0.25) is 6.79 Å². The Balaban J connectivity index is 1.53. The van der Waals surface area contributed by atoms with E-state index in [1.54, 1.807) is 7.05 Å². The molecule has 0 saturated carbocycles. The molecule has 1 heterocycles. The lowest BCUT2D eigenvalue weighted by Crippen LogP contribution is -2.38. The predicted octanol–water partition coefficient (Wildman–Crippen LogP) is 3.06. The van der Waals surface area contributed by atoms with Crippen LogP contribution in [0.2, 0.25) is 0 Å². The van der Waals surface area contributed by atoms with E-state index in [-0.39, 0.29) is 24.7 Å². The maximum Gasteiger partial charge on any atom is 0.387 e. The van der Waals surface area contributed by atoms with Crippen LogP contribution in [-0.2, 0) is 13.0 Å². The van der Waals surface area contributed by atoms with E-state index < -0.39 is 12.4 Å². The molecule has 28 heavy (non-hydrogen) atoms. The third-order valence-corrected chi connectivity index (χ3v) is 4.09. The number of hydrogen-bond donors (Lipinski definition) is 2. The number of fused-ring (bicyclic) bond motifs is 1. The number of alkyl halides is 2. The Kier molecular flexibility index (Phi) is 6.46. The van der Waals surface area contributed by atoms with E-state index in [0.29, 0.717) is 24.7 Å². The van der Waals surface area contributed by atoms with Crippen LogP contribution in [0.25, 0.3) is 0 Å². The molecular weight excluding hydrogens is 375 g/mol. The zero-order valence-electron chi connectivity index (χ0n) is 15.2. The summed E-state index contributed by atoms with van der Waals surface area (Å²) in [6.45, 7) is -2.31.